The van der Waals surface area contributed by atoms with E-state index in [-0.39, 0.29) is 12.0 Å². The van der Waals surface area contributed by atoms with E-state index in [4.69, 9.17) is 9.47 Å². The Morgan fingerprint density at radius 3 is 2.46 bits per heavy atom. The second-order valence-corrected chi connectivity index (χ2v) is 8.09. The molecule has 0 spiro atoms. The van der Waals surface area contributed by atoms with Crippen molar-refractivity contribution in [3.8, 4) is 11.5 Å². The molecule has 1 aliphatic rings. The second kappa shape index (κ2) is 9.44. The Morgan fingerprint density at radius 2 is 1.79 bits per heavy atom. The molecule has 1 heterocycles. The van der Waals surface area contributed by atoms with Gasteiger partial charge in [-0.3, -0.25) is 0 Å². The predicted molar refractivity (Wildman–Crippen MR) is 113 cm³/mol. The fourth-order valence-electron chi connectivity index (χ4n) is 4.36. The first-order valence-corrected chi connectivity index (χ1v) is 10.2. The third kappa shape index (κ3) is 4.86. The summed E-state index contributed by atoms with van der Waals surface area (Å²) in [7, 11) is 3.43. The van der Waals surface area contributed by atoms with Crippen molar-refractivity contribution >= 4 is 0 Å². The average Bonchev–Trinajstić information content (AvgIpc) is 2.74. The fraction of sp³-hybridized carbons (Fsp3) is 0.500. The molecule has 1 N–H and O–H groups in total. The van der Waals surface area contributed by atoms with E-state index in [1.165, 1.54) is 11.1 Å². The van der Waals surface area contributed by atoms with Crippen LogP contribution in [-0.2, 0) is 12.8 Å². The number of rotatable bonds is 8. The van der Waals surface area contributed by atoms with Gasteiger partial charge in [-0.15, -0.1) is 0 Å². The highest BCUT2D eigenvalue weighted by Gasteiger charge is 2.35. The Labute approximate surface area is 169 Å². The first kappa shape index (κ1) is 20.7. The number of aliphatic hydroxyl groups is 1. The molecule has 0 saturated carbocycles. The maximum Gasteiger partial charge on any atom is 0.122 e. The summed E-state index contributed by atoms with van der Waals surface area (Å²) in [5.41, 5.74) is 2.46. The lowest BCUT2D eigenvalue weighted by Gasteiger charge is -2.43. The lowest BCUT2D eigenvalue weighted by atomic mass is 9.74. The lowest BCUT2D eigenvalue weighted by Crippen LogP contribution is -2.47. The third-order valence-electron chi connectivity index (χ3n) is 6.24. The molecule has 4 heteroatoms. The van der Waals surface area contributed by atoms with Crippen LogP contribution in [0.1, 0.15) is 30.9 Å². The molecule has 0 unspecified atom stereocenters. The monoisotopic (exact) mass is 383 g/mol. The number of piperidine rings is 1. The fourth-order valence-corrected chi connectivity index (χ4v) is 4.36. The van der Waals surface area contributed by atoms with Gasteiger partial charge in [0.1, 0.15) is 11.5 Å². The SMILES string of the molecule is COc1cccc(CC2(CO)CCN([C@@H](C)Cc3ccccc3OC)CC2)c1. The quantitative estimate of drug-likeness (QED) is 0.749. The number of hydrogen-bond acceptors (Lipinski definition) is 4. The van der Waals surface area contributed by atoms with E-state index in [1.807, 2.05) is 24.3 Å². The van der Waals surface area contributed by atoms with Crippen molar-refractivity contribution in [3.05, 3.63) is 59.7 Å². The molecule has 1 aliphatic heterocycles. The van der Waals surface area contributed by atoms with Crippen molar-refractivity contribution < 1.29 is 14.6 Å². The molecule has 28 heavy (non-hydrogen) atoms. The van der Waals surface area contributed by atoms with Crippen molar-refractivity contribution in [3.63, 3.8) is 0 Å². The highest BCUT2D eigenvalue weighted by Crippen LogP contribution is 2.36. The van der Waals surface area contributed by atoms with Gasteiger partial charge in [-0.25, -0.2) is 0 Å². The predicted octanol–water partition coefficient (Wildman–Crippen LogP) is 3.95. The van der Waals surface area contributed by atoms with Crippen LogP contribution >= 0.6 is 0 Å². The smallest absolute Gasteiger partial charge is 0.122 e. The highest BCUT2D eigenvalue weighted by molar-refractivity contribution is 5.34. The molecule has 1 saturated heterocycles. The van der Waals surface area contributed by atoms with Gasteiger partial charge in [-0.05, 0) is 80.4 Å². The number of nitrogens with zero attached hydrogens (tertiary/aromatic N) is 1. The molecule has 152 valence electrons. The van der Waals surface area contributed by atoms with Crippen LogP contribution in [0.5, 0.6) is 11.5 Å². The van der Waals surface area contributed by atoms with E-state index in [1.54, 1.807) is 14.2 Å². The van der Waals surface area contributed by atoms with Crippen molar-refractivity contribution in [2.45, 2.75) is 38.6 Å². The molecule has 0 aliphatic carbocycles. The number of aliphatic hydroxyl groups excluding tert-OH is 1. The molecule has 0 amide bonds. The Hall–Kier alpha value is -2.04. The van der Waals surface area contributed by atoms with Crippen molar-refractivity contribution in [1.29, 1.82) is 0 Å². The summed E-state index contributed by atoms with van der Waals surface area (Å²) in [5.74, 6) is 1.85. The van der Waals surface area contributed by atoms with E-state index in [0.717, 1.165) is 50.3 Å². The Balaban J connectivity index is 1.61. The minimum Gasteiger partial charge on any atom is -0.497 e. The normalized spacial score (nSPS) is 17.9. The molecular formula is C24H33NO3. The molecule has 1 fully saturated rings. The third-order valence-corrected chi connectivity index (χ3v) is 6.24. The molecular weight excluding hydrogens is 350 g/mol. The molecule has 1 atom stereocenters. The van der Waals surface area contributed by atoms with Gasteiger partial charge in [0, 0.05) is 12.6 Å². The molecule has 4 nitrogen and oxygen atoms in total. The van der Waals surface area contributed by atoms with Crippen LogP contribution in [0.2, 0.25) is 0 Å². The van der Waals surface area contributed by atoms with Gasteiger partial charge < -0.3 is 19.5 Å². The zero-order valence-corrected chi connectivity index (χ0v) is 17.4. The first-order valence-electron chi connectivity index (χ1n) is 10.2. The van der Waals surface area contributed by atoms with Crippen LogP contribution in [0.4, 0.5) is 0 Å². The van der Waals surface area contributed by atoms with Crippen molar-refractivity contribution in [2.24, 2.45) is 5.41 Å². The van der Waals surface area contributed by atoms with E-state index in [0.29, 0.717) is 6.04 Å². The van der Waals surface area contributed by atoms with Crippen LogP contribution in [0.15, 0.2) is 48.5 Å². The number of hydrogen-bond donors (Lipinski definition) is 1. The molecule has 0 bridgehead atoms. The van der Waals surface area contributed by atoms with Crippen LogP contribution in [-0.4, -0.2) is 50.0 Å². The summed E-state index contributed by atoms with van der Waals surface area (Å²) in [6.45, 7) is 4.56. The highest BCUT2D eigenvalue weighted by atomic mass is 16.5. The minimum absolute atomic E-state index is 0.0347. The summed E-state index contributed by atoms with van der Waals surface area (Å²) in [5, 5.41) is 10.2. The number of ether oxygens (including phenoxy) is 2. The molecule has 2 aromatic rings. The maximum absolute atomic E-state index is 10.2. The van der Waals surface area contributed by atoms with Gasteiger partial charge in [-0.2, -0.15) is 0 Å². The largest absolute Gasteiger partial charge is 0.497 e. The van der Waals surface area contributed by atoms with Gasteiger partial charge in [-0.1, -0.05) is 30.3 Å². The Bertz CT molecular complexity index is 753. The van der Waals surface area contributed by atoms with Gasteiger partial charge in [0.15, 0.2) is 0 Å². The molecule has 2 aromatic carbocycles. The second-order valence-electron chi connectivity index (χ2n) is 8.09. The molecule has 0 radical (unpaired) electrons. The van der Waals surface area contributed by atoms with Gasteiger partial charge in [0.25, 0.3) is 0 Å². The zero-order chi connectivity index (χ0) is 20.0. The minimum atomic E-state index is -0.0347. The summed E-state index contributed by atoms with van der Waals surface area (Å²) >= 11 is 0. The summed E-state index contributed by atoms with van der Waals surface area (Å²) in [6, 6.07) is 17.0. The van der Waals surface area contributed by atoms with Crippen LogP contribution in [0, 0.1) is 5.41 Å². The van der Waals surface area contributed by atoms with Crippen LogP contribution in [0.3, 0.4) is 0 Å². The number of likely N-dealkylation sites (tertiary alicyclic amines) is 1. The van der Waals surface area contributed by atoms with Gasteiger partial charge in [0.2, 0.25) is 0 Å². The summed E-state index contributed by atoms with van der Waals surface area (Å²) in [6.07, 6.45) is 3.90. The van der Waals surface area contributed by atoms with E-state index < -0.39 is 0 Å². The number of benzene rings is 2. The Morgan fingerprint density at radius 1 is 1.04 bits per heavy atom. The van der Waals surface area contributed by atoms with E-state index >= 15 is 0 Å². The van der Waals surface area contributed by atoms with Gasteiger partial charge in [0.05, 0.1) is 14.2 Å². The van der Waals surface area contributed by atoms with Crippen molar-refractivity contribution in [2.75, 3.05) is 33.9 Å². The topological polar surface area (TPSA) is 41.9 Å². The molecule has 0 aromatic heterocycles. The standard InChI is InChI=1S/C24H33NO3/c1-19(15-21-8-4-5-10-23(21)28-3)25-13-11-24(18-26,12-14-25)17-20-7-6-9-22(16-20)27-2/h4-10,16,19,26H,11-15,17-18H2,1-3H3/t19-/m0/s1. The van der Waals surface area contributed by atoms with Gasteiger partial charge >= 0.3 is 0 Å². The Kier molecular flexibility index (Phi) is 6.97. The lowest BCUT2D eigenvalue weighted by molar-refractivity contribution is 0.0302. The number of methoxy groups -OCH3 is 2. The van der Waals surface area contributed by atoms with Crippen molar-refractivity contribution in [1.82, 2.24) is 4.90 Å². The number of para-hydroxylation sites is 1. The van der Waals surface area contributed by atoms with E-state index in [2.05, 4.69) is 36.1 Å². The summed E-state index contributed by atoms with van der Waals surface area (Å²) in [4.78, 5) is 2.55. The summed E-state index contributed by atoms with van der Waals surface area (Å²) < 4.78 is 10.9. The zero-order valence-electron chi connectivity index (χ0n) is 17.4. The van der Waals surface area contributed by atoms with E-state index in [9.17, 15) is 5.11 Å². The first-order chi connectivity index (χ1) is 13.6. The maximum atomic E-state index is 10.2. The average molecular weight is 384 g/mol. The van der Waals surface area contributed by atoms with Crippen LogP contribution < -0.4 is 9.47 Å². The van der Waals surface area contributed by atoms with Crippen LogP contribution in [0.25, 0.3) is 0 Å². The molecule has 3 rings (SSSR count).